The zero-order chi connectivity index (χ0) is 30.8. The van der Waals surface area contributed by atoms with E-state index in [4.69, 9.17) is 10.2 Å². The first-order valence-electron chi connectivity index (χ1n) is 15.5. The number of sulfonamides is 2. The third kappa shape index (κ3) is 12.4. The summed E-state index contributed by atoms with van der Waals surface area (Å²) in [6, 6.07) is 13.9. The average molecular weight is 625 g/mol. The average Bonchev–Trinajstić information content (AvgIpc) is 2.96. The highest BCUT2D eigenvalue weighted by Crippen LogP contribution is 2.21. The number of aliphatic hydroxyl groups excluding tert-OH is 2. The molecule has 0 saturated carbocycles. The van der Waals surface area contributed by atoms with Crippen molar-refractivity contribution in [3.63, 3.8) is 0 Å². The van der Waals surface area contributed by atoms with Crippen LogP contribution in [0.25, 0.3) is 0 Å². The number of nitrogens with zero attached hydrogens (tertiary/aromatic N) is 2. The molecule has 2 aromatic carbocycles. The van der Waals surface area contributed by atoms with Gasteiger partial charge in [-0.15, -0.1) is 0 Å². The highest BCUT2D eigenvalue weighted by Gasteiger charge is 2.25. The van der Waals surface area contributed by atoms with Crippen molar-refractivity contribution in [1.82, 2.24) is 8.61 Å². The molecule has 0 spiro atoms. The second kappa shape index (κ2) is 19.5. The van der Waals surface area contributed by atoms with Gasteiger partial charge in [0.2, 0.25) is 20.0 Å². The summed E-state index contributed by atoms with van der Waals surface area (Å²) in [5, 5.41) is 18.1. The van der Waals surface area contributed by atoms with E-state index in [0.29, 0.717) is 48.8 Å². The van der Waals surface area contributed by atoms with Crippen LogP contribution in [0.4, 0.5) is 0 Å². The van der Waals surface area contributed by atoms with Gasteiger partial charge < -0.3 is 10.2 Å². The molecule has 0 atom stereocenters. The smallest absolute Gasteiger partial charge is 0.243 e. The van der Waals surface area contributed by atoms with Crippen LogP contribution in [0, 0.1) is 13.8 Å². The Morgan fingerprint density at radius 2 is 0.714 bits per heavy atom. The Hall–Kier alpha value is -1.82. The van der Waals surface area contributed by atoms with Gasteiger partial charge in [-0.25, -0.2) is 16.8 Å². The molecule has 0 amide bonds. The summed E-state index contributed by atoms with van der Waals surface area (Å²) in [5.74, 6) is 0. The number of rotatable bonds is 23. The molecule has 2 rings (SSSR count). The van der Waals surface area contributed by atoms with Crippen molar-refractivity contribution in [3.8, 4) is 0 Å². The lowest BCUT2D eigenvalue weighted by atomic mass is 10.1. The molecule has 0 aliphatic heterocycles. The number of aryl methyl sites for hydroxylation is 2. The summed E-state index contributed by atoms with van der Waals surface area (Å²) in [5.41, 5.74) is 2.01. The molecule has 0 radical (unpaired) electrons. The standard InChI is InChI=1S/C32H52N2O6S2/c1-29-15-19-31(20-16-29)41(37,38)33(25-11-5-7-13-27-35)23-9-3-4-10-24-34(26-12-6-8-14-28-36)42(39,40)32-21-17-30(2)18-22-32/h15-22,35-36H,3-14,23-28H2,1-2H3. The largest absolute Gasteiger partial charge is 0.396 e. The summed E-state index contributed by atoms with van der Waals surface area (Å²) in [6.07, 6.45) is 9.44. The van der Waals surface area contributed by atoms with Crippen LogP contribution in [0.2, 0.25) is 0 Å². The van der Waals surface area contributed by atoms with Gasteiger partial charge in [-0.05, 0) is 76.6 Å². The molecular formula is C32H52N2O6S2. The molecule has 238 valence electrons. The fourth-order valence-electron chi connectivity index (χ4n) is 4.86. The Morgan fingerprint density at radius 3 is 0.976 bits per heavy atom. The van der Waals surface area contributed by atoms with Crippen LogP contribution in [-0.2, 0) is 20.0 Å². The quantitative estimate of drug-likeness (QED) is 0.154. The van der Waals surface area contributed by atoms with Gasteiger partial charge in [0, 0.05) is 39.4 Å². The fraction of sp³-hybridized carbons (Fsp3) is 0.625. The highest BCUT2D eigenvalue weighted by atomic mass is 32.2. The third-order valence-corrected chi connectivity index (χ3v) is 11.3. The lowest BCUT2D eigenvalue weighted by Crippen LogP contribution is -2.33. The first-order valence-corrected chi connectivity index (χ1v) is 18.4. The van der Waals surface area contributed by atoms with E-state index in [0.717, 1.165) is 75.3 Å². The third-order valence-electron chi connectivity index (χ3n) is 7.51. The van der Waals surface area contributed by atoms with Crippen LogP contribution in [0.5, 0.6) is 0 Å². The van der Waals surface area contributed by atoms with Crippen LogP contribution in [-0.4, -0.2) is 75.1 Å². The topological polar surface area (TPSA) is 115 Å². The number of hydrogen-bond acceptors (Lipinski definition) is 6. The van der Waals surface area contributed by atoms with Crippen molar-refractivity contribution in [1.29, 1.82) is 0 Å². The zero-order valence-electron chi connectivity index (χ0n) is 25.6. The van der Waals surface area contributed by atoms with Crippen LogP contribution < -0.4 is 0 Å². The van der Waals surface area contributed by atoms with Crippen LogP contribution in [0.3, 0.4) is 0 Å². The maximum Gasteiger partial charge on any atom is 0.243 e. The number of hydrogen-bond donors (Lipinski definition) is 2. The fourth-order valence-corrected chi connectivity index (χ4v) is 7.89. The van der Waals surface area contributed by atoms with Crippen molar-refractivity contribution in [2.75, 3.05) is 39.4 Å². The Balaban J connectivity index is 1.95. The van der Waals surface area contributed by atoms with Crippen LogP contribution >= 0.6 is 0 Å². The van der Waals surface area contributed by atoms with Gasteiger partial charge >= 0.3 is 0 Å². The maximum absolute atomic E-state index is 13.4. The van der Waals surface area contributed by atoms with E-state index >= 15 is 0 Å². The van der Waals surface area contributed by atoms with Gasteiger partial charge in [0.25, 0.3) is 0 Å². The second-order valence-corrected chi connectivity index (χ2v) is 15.0. The first-order chi connectivity index (χ1) is 20.1. The van der Waals surface area contributed by atoms with E-state index in [1.165, 1.54) is 0 Å². The van der Waals surface area contributed by atoms with Gasteiger partial charge in [-0.1, -0.05) is 73.9 Å². The molecule has 0 aliphatic rings. The van der Waals surface area contributed by atoms with Gasteiger partial charge in [-0.2, -0.15) is 8.61 Å². The van der Waals surface area contributed by atoms with Crippen molar-refractivity contribution >= 4 is 20.0 Å². The van der Waals surface area contributed by atoms with E-state index in [9.17, 15) is 16.8 Å². The Bertz CT molecular complexity index is 1120. The molecule has 2 aromatic rings. The van der Waals surface area contributed by atoms with E-state index in [-0.39, 0.29) is 13.2 Å². The van der Waals surface area contributed by atoms with Crippen LogP contribution in [0.1, 0.15) is 88.2 Å². The Morgan fingerprint density at radius 1 is 0.452 bits per heavy atom. The van der Waals surface area contributed by atoms with Gasteiger partial charge in [0.1, 0.15) is 0 Å². The lowest BCUT2D eigenvalue weighted by Gasteiger charge is -2.23. The monoisotopic (exact) mass is 624 g/mol. The molecular weight excluding hydrogens is 572 g/mol. The summed E-state index contributed by atoms with van der Waals surface area (Å²) in [7, 11) is -7.21. The molecule has 0 fully saturated rings. The maximum atomic E-state index is 13.4. The van der Waals surface area contributed by atoms with Crippen LogP contribution in [0.15, 0.2) is 58.3 Å². The number of aliphatic hydroxyl groups is 2. The molecule has 0 bridgehead atoms. The van der Waals surface area contributed by atoms with E-state index in [2.05, 4.69) is 0 Å². The molecule has 0 heterocycles. The molecule has 2 N–H and O–H groups in total. The Kier molecular flexibility index (Phi) is 16.8. The van der Waals surface area contributed by atoms with Crippen molar-refractivity contribution in [2.24, 2.45) is 0 Å². The van der Waals surface area contributed by atoms with Gasteiger partial charge in [0.15, 0.2) is 0 Å². The SMILES string of the molecule is Cc1ccc(S(=O)(=O)N(CCCCCCO)CCCCCCN(CCCCCCO)S(=O)(=O)c2ccc(C)cc2)cc1. The minimum absolute atomic E-state index is 0.152. The summed E-state index contributed by atoms with van der Waals surface area (Å²) >= 11 is 0. The minimum atomic E-state index is -3.61. The van der Waals surface area contributed by atoms with Crippen molar-refractivity contribution in [3.05, 3.63) is 59.7 Å². The molecule has 0 aliphatic carbocycles. The predicted molar refractivity (Wildman–Crippen MR) is 169 cm³/mol. The summed E-state index contributed by atoms with van der Waals surface area (Å²) in [6.45, 7) is 5.90. The van der Waals surface area contributed by atoms with E-state index in [1.807, 2.05) is 38.1 Å². The second-order valence-electron chi connectivity index (χ2n) is 11.1. The zero-order valence-corrected chi connectivity index (χ0v) is 27.2. The lowest BCUT2D eigenvalue weighted by molar-refractivity contribution is 0.280. The van der Waals surface area contributed by atoms with Gasteiger partial charge in [0.05, 0.1) is 9.79 Å². The number of unbranched alkanes of at least 4 members (excludes halogenated alkanes) is 9. The van der Waals surface area contributed by atoms with E-state index in [1.54, 1.807) is 32.9 Å². The highest BCUT2D eigenvalue weighted by molar-refractivity contribution is 7.89. The number of benzene rings is 2. The summed E-state index contributed by atoms with van der Waals surface area (Å²) in [4.78, 5) is 0.610. The molecule has 10 heteroatoms. The van der Waals surface area contributed by atoms with Crippen molar-refractivity contribution in [2.45, 2.75) is 101 Å². The Labute approximate surface area is 254 Å². The predicted octanol–water partition coefficient (Wildman–Crippen LogP) is 5.65. The molecule has 0 unspecified atom stereocenters. The van der Waals surface area contributed by atoms with Gasteiger partial charge in [-0.3, -0.25) is 0 Å². The molecule has 0 aromatic heterocycles. The first kappa shape index (κ1) is 36.4. The molecule has 42 heavy (non-hydrogen) atoms. The van der Waals surface area contributed by atoms with Crippen molar-refractivity contribution < 1.29 is 27.0 Å². The summed E-state index contributed by atoms with van der Waals surface area (Å²) < 4.78 is 56.8. The normalized spacial score (nSPS) is 12.4. The van der Waals surface area contributed by atoms with E-state index < -0.39 is 20.0 Å². The molecule has 0 saturated heterocycles. The minimum Gasteiger partial charge on any atom is -0.396 e. The molecule has 8 nitrogen and oxygen atoms in total.